The first kappa shape index (κ1) is 9.22. The maximum atomic E-state index is 10.7. The third-order valence-corrected chi connectivity index (χ3v) is 2.56. The van der Waals surface area contributed by atoms with Gasteiger partial charge in [-0.2, -0.15) is 8.42 Å². The number of hydrogen-bond donors (Lipinski definition) is 0. The Labute approximate surface area is 71.8 Å². The number of hydrogen-bond acceptors (Lipinski definition) is 2. The number of rotatable bonds is 2. The van der Waals surface area contributed by atoms with Crippen molar-refractivity contribution in [3.8, 4) is 0 Å². The second-order valence-corrected chi connectivity index (χ2v) is 3.76. The summed E-state index contributed by atoms with van der Waals surface area (Å²) in [6.45, 7) is 1.81. The van der Waals surface area contributed by atoms with Crippen LogP contribution in [-0.2, 0) is 21.1 Å². The molecule has 0 saturated heterocycles. The van der Waals surface area contributed by atoms with E-state index in [4.69, 9.17) is 0 Å². The molecule has 0 unspecified atom stereocenters. The van der Waals surface area contributed by atoms with Gasteiger partial charge in [-0.3, -0.25) is 0 Å². The Morgan fingerprint density at radius 3 is 2.25 bits per heavy atom. The maximum absolute atomic E-state index is 10.7. The molecule has 0 saturated carbocycles. The Kier molecular flexibility index (Phi) is 2.49. The van der Waals surface area contributed by atoms with Crippen LogP contribution in [0.3, 0.4) is 0 Å². The van der Waals surface area contributed by atoms with Gasteiger partial charge >= 0.3 is 10.1 Å². The topological polar surface area (TPSA) is 54.0 Å². The lowest BCUT2D eigenvalue weighted by molar-refractivity contribution is 0.413. The zero-order valence-corrected chi connectivity index (χ0v) is 7.47. The Bertz CT molecular complexity index is 368. The Morgan fingerprint density at radius 1 is 1.25 bits per heavy atom. The van der Waals surface area contributed by atoms with Crippen molar-refractivity contribution in [1.29, 1.82) is 0 Å². The number of benzene rings is 1. The standard InChI is InChI=1S/C8H9O3S/c1-2-7-5-3-4-6-8(7)12(9,10)11/h3-6H,2H2,1H3. The number of aryl methyl sites for hydroxylation is 1. The molecule has 0 aliphatic carbocycles. The predicted octanol–water partition coefficient (Wildman–Crippen LogP) is 1.37. The van der Waals surface area contributed by atoms with Crippen LogP contribution in [0.2, 0.25) is 0 Å². The quantitative estimate of drug-likeness (QED) is 0.698. The first-order valence-corrected chi connectivity index (χ1v) is 5.00. The van der Waals surface area contributed by atoms with Crippen molar-refractivity contribution in [2.24, 2.45) is 0 Å². The Balaban J connectivity index is 3.33. The average Bonchev–Trinajstić information content (AvgIpc) is 2.03. The van der Waals surface area contributed by atoms with Crippen molar-refractivity contribution in [3.05, 3.63) is 29.8 Å². The van der Waals surface area contributed by atoms with E-state index in [-0.39, 0.29) is 4.90 Å². The molecule has 65 valence electrons. The minimum Gasteiger partial charge on any atom is -0.192 e. The van der Waals surface area contributed by atoms with E-state index in [1.165, 1.54) is 6.07 Å². The van der Waals surface area contributed by atoms with Crippen molar-refractivity contribution < 1.29 is 13.0 Å². The summed E-state index contributed by atoms with van der Waals surface area (Å²) in [7, 11) is -4.30. The largest absolute Gasteiger partial charge is 0.324 e. The molecule has 0 fully saturated rings. The molecular weight excluding hydrogens is 176 g/mol. The molecule has 0 heterocycles. The molecule has 0 N–H and O–H groups in total. The van der Waals surface area contributed by atoms with Crippen LogP contribution in [0.15, 0.2) is 29.2 Å². The third-order valence-electron chi connectivity index (χ3n) is 1.62. The van der Waals surface area contributed by atoms with Gasteiger partial charge in [0.15, 0.2) is 0 Å². The molecule has 0 atom stereocenters. The minimum atomic E-state index is -4.30. The van der Waals surface area contributed by atoms with E-state index in [0.717, 1.165) is 0 Å². The highest BCUT2D eigenvalue weighted by Gasteiger charge is 2.14. The molecule has 0 aliphatic rings. The van der Waals surface area contributed by atoms with Gasteiger partial charge in [-0.25, -0.2) is 0 Å². The summed E-state index contributed by atoms with van der Waals surface area (Å²) in [5.41, 5.74) is 0.576. The van der Waals surface area contributed by atoms with Crippen molar-refractivity contribution in [2.45, 2.75) is 18.2 Å². The molecule has 1 aromatic rings. The van der Waals surface area contributed by atoms with Crippen LogP contribution >= 0.6 is 0 Å². The Morgan fingerprint density at radius 2 is 1.83 bits per heavy atom. The van der Waals surface area contributed by atoms with Crippen LogP contribution in [0.25, 0.3) is 0 Å². The van der Waals surface area contributed by atoms with Gasteiger partial charge in [0.25, 0.3) is 0 Å². The van der Waals surface area contributed by atoms with Crippen LogP contribution in [0.1, 0.15) is 12.5 Å². The fourth-order valence-electron chi connectivity index (χ4n) is 1.04. The van der Waals surface area contributed by atoms with Gasteiger partial charge in [-0.05, 0) is 18.1 Å². The molecule has 0 aliphatic heterocycles. The van der Waals surface area contributed by atoms with Gasteiger partial charge in [0.2, 0.25) is 0 Å². The van der Waals surface area contributed by atoms with Crippen molar-refractivity contribution in [1.82, 2.24) is 0 Å². The fourth-order valence-corrected chi connectivity index (χ4v) is 1.82. The predicted molar refractivity (Wildman–Crippen MR) is 43.7 cm³/mol. The molecule has 1 radical (unpaired) electrons. The SMILES string of the molecule is CCc1ccccc1S([O])(=O)=O. The normalized spacial score (nSPS) is 11.5. The van der Waals surface area contributed by atoms with Gasteiger partial charge in [0.05, 0.1) is 4.90 Å². The van der Waals surface area contributed by atoms with Crippen LogP contribution in [0, 0.1) is 0 Å². The molecule has 0 spiro atoms. The molecule has 3 nitrogen and oxygen atoms in total. The lowest BCUT2D eigenvalue weighted by Crippen LogP contribution is -2.00. The van der Waals surface area contributed by atoms with E-state index >= 15 is 0 Å². The van der Waals surface area contributed by atoms with Crippen LogP contribution in [0.4, 0.5) is 0 Å². The molecule has 1 aromatic carbocycles. The first-order chi connectivity index (χ1) is 5.55. The first-order valence-electron chi connectivity index (χ1n) is 3.59. The van der Waals surface area contributed by atoms with Gasteiger partial charge in [0, 0.05) is 0 Å². The van der Waals surface area contributed by atoms with Crippen molar-refractivity contribution in [3.63, 3.8) is 0 Å². The second-order valence-electron chi connectivity index (χ2n) is 2.42. The summed E-state index contributed by atoms with van der Waals surface area (Å²) in [5, 5.41) is 0. The van der Waals surface area contributed by atoms with Gasteiger partial charge in [-0.1, -0.05) is 29.7 Å². The smallest absolute Gasteiger partial charge is 0.192 e. The molecule has 12 heavy (non-hydrogen) atoms. The van der Waals surface area contributed by atoms with Gasteiger partial charge < -0.3 is 0 Å². The summed E-state index contributed by atoms with van der Waals surface area (Å²) < 4.78 is 32.0. The monoisotopic (exact) mass is 185 g/mol. The van der Waals surface area contributed by atoms with E-state index in [0.29, 0.717) is 12.0 Å². The summed E-state index contributed by atoms with van der Waals surface area (Å²) >= 11 is 0. The highest BCUT2D eigenvalue weighted by Crippen LogP contribution is 2.15. The molecule has 1 rings (SSSR count). The molecular formula is C8H9O3S. The lowest BCUT2D eigenvalue weighted by atomic mass is 10.2. The van der Waals surface area contributed by atoms with Gasteiger partial charge in [0.1, 0.15) is 0 Å². The third kappa shape index (κ3) is 1.84. The summed E-state index contributed by atoms with van der Waals surface area (Å²) in [6, 6.07) is 6.24. The highest BCUT2D eigenvalue weighted by atomic mass is 32.2. The maximum Gasteiger partial charge on any atom is 0.324 e. The van der Waals surface area contributed by atoms with E-state index in [9.17, 15) is 13.0 Å². The van der Waals surface area contributed by atoms with Crippen LogP contribution < -0.4 is 0 Å². The van der Waals surface area contributed by atoms with E-state index in [1.807, 2.05) is 6.92 Å². The Hall–Kier alpha value is -0.870. The van der Waals surface area contributed by atoms with E-state index < -0.39 is 10.1 Å². The molecule has 0 amide bonds. The van der Waals surface area contributed by atoms with E-state index in [1.54, 1.807) is 18.2 Å². The molecule has 4 heteroatoms. The minimum absolute atomic E-state index is 0.104. The van der Waals surface area contributed by atoms with Crippen LogP contribution in [0.5, 0.6) is 0 Å². The highest BCUT2D eigenvalue weighted by molar-refractivity contribution is 7.85. The molecule has 0 bridgehead atoms. The summed E-state index contributed by atoms with van der Waals surface area (Å²) in [4.78, 5) is -0.104. The second kappa shape index (κ2) is 3.25. The van der Waals surface area contributed by atoms with Gasteiger partial charge in [-0.15, -0.1) is 0 Å². The van der Waals surface area contributed by atoms with Crippen molar-refractivity contribution >= 4 is 10.1 Å². The summed E-state index contributed by atoms with van der Waals surface area (Å²) in [6.07, 6.45) is 0.553. The van der Waals surface area contributed by atoms with Crippen molar-refractivity contribution in [2.75, 3.05) is 0 Å². The fraction of sp³-hybridized carbons (Fsp3) is 0.250. The zero-order valence-electron chi connectivity index (χ0n) is 6.65. The van der Waals surface area contributed by atoms with E-state index in [2.05, 4.69) is 0 Å². The zero-order chi connectivity index (χ0) is 9.19. The average molecular weight is 185 g/mol. The lowest BCUT2D eigenvalue weighted by Gasteiger charge is -2.01. The molecule has 0 aromatic heterocycles. The van der Waals surface area contributed by atoms with Crippen LogP contribution in [-0.4, -0.2) is 8.42 Å². The summed E-state index contributed by atoms with van der Waals surface area (Å²) in [5.74, 6) is 0.